The molecule has 0 aromatic carbocycles. The molecule has 0 unspecified atom stereocenters. The van der Waals surface area contributed by atoms with E-state index in [1.54, 1.807) is 0 Å². The van der Waals surface area contributed by atoms with Gasteiger partial charge in [-0.05, 0) is 0 Å². The third-order valence-electron chi connectivity index (χ3n) is 1.18. The first-order chi connectivity index (χ1) is 3.85. The van der Waals surface area contributed by atoms with Crippen LogP contribution in [0.5, 0.6) is 0 Å². The van der Waals surface area contributed by atoms with Crippen LogP contribution in [-0.4, -0.2) is 24.5 Å². The van der Waals surface area contributed by atoms with E-state index < -0.39 is 0 Å². The Labute approximate surface area is 62.1 Å². The first-order valence-electron chi connectivity index (χ1n) is 2.92. The van der Waals surface area contributed by atoms with Crippen molar-refractivity contribution >= 4 is 0 Å². The van der Waals surface area contributed by atoms with Crippen molar-refractivity contribution in [2.75, 3.05) is 19.6 Å². The van der Waals surface area contributed by atoms with Gasteiger partial charge in [0.05, 0.1) is 0 Å². The van der Waals surface area contributed by atoms with Crippen molar-refractivity contribution in [3.63, 3.8) is 0 Å². The summed E-state index contributed by atoms with van der Waals surface area (Å²) in [5.41, 5.74) is 0. The maximum absolute atomic E-state index is 3.18. The Morgan fingerprint density at radius 2 is 1.88 bits per heavy atom. The van der Waals surface area contributed by atoms with E-state index in [0.717, 1.165) is 19.6 Å². The first-order valence-corrected chi connectivity index (χ1v) is 4.39. The Balaban J connectivity index is 3.25. The van der Waals surface area contributed by atoms with Gasteiger partial charge in [0.15, 0.2) is 0 Å². The molecule has 0 amide bonds. The van der Waals surface area contributed by atoms with E-state index in [0.29, 0.717) is 0 Å². The van der Waals surface area contributed by atoms with Crippen LogP contribution in [-0.2, 0) is 19.2 Å². The molecule has 0 N–H and O–H groups in total. The molecule has 0 rings (SSSR count). The molecule has 0 bridgehead atoms. The second kappa shape index (κ2) is 5.56. The number of hydrogen-bond acceptors (Lipinski definition) is 1. The first kappa shape index (κ1) is 8.43. The predicted octanol–water partition coefficient (Wildman–Crippen LogP) is 0.834. The van der Waals surface area contributed by atoms with E-state index in [4.69, 9.17) is 0 Å². The molecule has 0 radical (unpaired) electrons. The average molecular weight is 282 g/mol. The molecule has 0 saturated carbocycles. The van der Waals surface area contributed by atoms with Gasteiger partial charge in [0.2, 0.25) is 0 Å². The Kier molecular flexibility index (Phi) is 5.86. The van der Waals surface area contributed by atoms with Gasteiger partial charge in [0.1, 0.15) is 0 Å². The van der Waals surface area contributed by atoms with Crippen molar-refractivity contribution in [2.24, 2.45) is 0 Å². The van der Waals surface area contributed by atoms with E-state index in [-0.39, 0.29) is 0 Å². The van der Waals surface area contributed by atoms with Crippen LogP contribution in [0.15, 0.2) is 0 Å². The molecule has 8 heavy (non-hydrogen) atoms. The second-order valence-corrected chi connectivity index (χ2v) is 2.64. The van der Waals surface area contributed by atoms with Crippen LogP contribution in [0, 0.1) is 4.20 Å². The molecule has 47 valence electrons. The predicted molar refractivity (Wildman–Crippen MR) is 31.7 cm³/mol. The van der Waals surface area contributed by atoms with E-state index >= 15 is 0 Å². The van der Waals surface area contributed by atoms with Gasteiger partial charge in [-0.3, -0.25) is 0 Å². The molecule has 0 heterocycles. The van der Waals surface area contributed by atoms with Crippen molar-refractivity contribution in [1.29, 1.82) is 0 Å². The van der Waals surface area contributed by atoms with E-state index in [2.05, 4.69) is 22.9 Å². The summed E-state index contributed by atoms with van der Waals surface area (Å²) in [6.45, 7) is 7.70. The second-order valence-electron chi connectivity index (χ2n) is 1.61. The number of nitrogens with zero attached hydrogens (tertiary/aromatic N) is 1. The van der Waals surface area contributed by atoms with Crippen molar-refractivity contribution < 1.29 is 19.2 Å². The van der Waals surface area contributed by atoms with Gasteiger partial charge in [-0.15, -0.1) is 0 Å². The quantitative estimate of drug-likeness (QED) is 0.741. The van der Waals surface area contributed by atoms with Crippen LogP contribution in [0.1, 0.15) is 13.8 Å². The van der Waals surface area contributed by atoms with Gasteiger partial charge in [0.25, 0.3) is 0 Å². The molecule has 0 aromatic heterocycles. The van der Waals surface area contributed by atoms with E-state index in [1.165, 1.54) is 19.2 Å². The average Bonchev–Trinajstić information content (AvgIpc) is 1.83. The molecule has 0 spiro atoms. The summed E-state index contributed by atoms with van der Waals surface area (Å²) in [4.78, 5) is 2.34. The van der Waals surface area contributed by atoms with Gasteiger partial charge in [-0.1, -0.05) is 0 Å². The molecule has 1 nitrogen and oxygen atoms in total. The SMILES string of the molecule is CCN(CC)C[C]#[W]. The van der Waals surface area contributed by atoms with Gasteiger partial charge >= 0.3 is 61.7 Å². The Morgan fingerprint density at radius 1 is 1.38 bits per heavy atom. The molecule has 0 aliphatic rings. The van der Waals surface area contributed by atoms with Crippen LogP contribution in [0.4, 0.5) is 0 Å². The van der Waals surface area contributed by atoms with Crippen LogP contribution in [0.2, 0.25) is 0 Å². The van der Waals surface area contributed by atoms with Crippen LogP contribution in [0.3, 0.4) is 0 Å². The zero-order chi connectivity index (χ0) is 6.41. The summed E-state index contributed by atoms with van der Waals surface area (Å²) in [6.07, 6.45) is 0. The fourth-order valence-electron chi connectivity index (χ4n) is 0.539. The fourth-order valence-corrected chi connectivity index (χ4v) is 1.19. The number of hydrogen-bond donors (Lipinski definition) is 0. The summed E-state index contributed by atoms with van der Waals surface area (Å²) < 4.78 is 3.18. The minimum atomic E-state index is 1.04. The molecule has 0 aromatic rings. The van der Waals surface area contributed by atoms with Gasteiger partial charge in [-0.2, -0.15) is 0 Å². The maximum atomic E-state index is 3.18. The molecule has 2 heteroatoms. The van der Waals surface area contributed by atoms with Crippen LogP contribution >= 0.6 is 0 Å². The van der Waals surface area contributed by atoms with Crippen molar-refractivity contribution in [3.05, 3.63) is 0 Å². The Morgan fingerprint density at radius 3 is 2.00 bits per heavy atom. The van der Waals surface area contributed by atoms with Gasteiger partial charge in [0, 0.05) is 0 Å². The summed E-state index contributed by atoms with van der Waals surface area (Å²) in [5.74, 6) is 0. The van der Waals surface area contributed by atoms with Crippen LogP contribution < -0.4 is 0 Å². The van der Waals surface area contributed by atoms with E-state index in [1.807, 2.05) is 0 Å². The Bertz CT molecular complexity index is 81.0. The third-order valence-corrected chi connectivity index (χ3v) is 1.65. The number of rotatable bonds is 3. The molecule has 0 fully saturated rings. The zero-order valence-corrected chi connectivity index (χ0v) is 8.41. The van der Waals surface area contributed by atoms with Gasteiger partial charge < -0.3 is 0 Å². The minimum absolute atomic E-state index is 1.04. The molecular formula is C6H12NW. The molecule has 0 aliphatic heterocycles. The molecule has 0 saturated heterocycles. The summed E-state index contributed by atoms with van der Waals surface area (Å²) in [5, 5.41) is 0. The molecular weight excluding hydrogens is 270 g/mol. The van der Waals surface area contributed by atoms with E-state index in [9.17, 15) is 0 Å². The fraction of sp³-hybridized carbons (Fsp3) is 0.833. The summed E-state index contributed by atoms with van der Waals surface area (Å²) in [6, 6.07) is 0. The van der Waals surface area contributed by atoms with Gasteiger partial charge in [-0.25, -0.2) is 0 Å². The Hall–Kier alpha value is 0.428. The topological polar surface area (TPSA) is 3.24 Å². The monoisotopic (exact) mass is 282 g/mol. The standard InChI is InChI=1S/C6H12N.W/c1-4-7(5-2)6-3;/h4-6H2,1-2H3;. The van der Waals surface area contributed by atoms with Crippen molar-refractivity contribution in [1.82, 2.24) is 4.90 Å². The third kappa shape index (κ3) is 3.43. The zero-order valence-electron chi connectivity index (χ0n) is 5.48. The summed E-state index contributed by atoms with van der Waals surface area (Å²) >= 11 is 1.45. The normalized spacial score (nSPS) is 9.25. The van der Waals surface area contributed by atoms with Crippen molar-refractivity contribution in [3.8, 4) is 4.20 Å². The molecule has 0 atom stereocenters. The van der Waals surface area contributed by atoms with Crippen LogP contribution in [0.25, 0.3) is 0 Å². The van der Waals surface area contributed by atoms with Crippen molar-refractivity contribution in [2.45, 2.75) is 13.8 Å². The summed E-state index contributed by atoms with van der Waals surface area (Å²) in [7, 11) is 0. The molecule has 0 aliphatic carbocycles.